The standard InChI is InChI=1S/C30H35FN2O2/c1-16-8-11-20(12-9-16)24-18(3)26-27-22(17(2)10-13-23(27)31)15-33(32)28(26)19(4)25(24)21(29(34)35)14-30(5,6)7/h8-13,21H,14-15,32H2,1-7H3,(H,34,35)/t21-/m0/s1. The number of carboxylic acid groups (broad SMARTS) is 1. The number of carboxylic acids is 1. The van der Waals surface area contributed by atoms with E-state index in [4.69, 9.17) is 5.84 Å². The van der Waals surface area contributed by atoms with Gasteiger partial charge in [0.05, 0.1) is 18.2 Å². The molecule has 1 aliphatic rings. The second-order valence-corrected chi connectivity index (χ2v) is 11.1. The molecule has 4 nitrogen and oxygen atoms in total. The lowest BCUT2D eigenvalue weighted by molar-refractivity contribution is -0.139. The fraction of sp³-hybridized carbons (Fsp3) is 0.367. The van der Waals surface area contributed by atoms with Crippen molar-refractivity contribution < 1.29 is 14.3 Å². The lowest BCUT2D eigenvalue weighted by atomic mass is 9.73. The Morgan fingerprint density at radius 1 is 1.00 bits per heavy atom. The molecule has 184 valence electrons. The summed E-state index contributed by atoms with van der Waals surface area (Å²) >= 11 is 0. The molecule has 0 aromatic heterocycles. The highest BCUT2D eigenvalue weighted by Gasteiger charge is 2.36. The largest absolute Gasteiger partial charge is 0.481 e. The van der Waals surface area contributed by atoms with E-state index in [0.29, 0.717) is 24.2 Å². The fourth-order valence-electron chi connectivity index (χ4n) is 5.57. The number of halogens is 1. The Labute approximate surface area is 207 Å². The SMILES string of the molecule is Cc1ccc(-c2c(C)c3c(c(C)c2[C@H](CC(C)(C)C)C(=O)O)N(N)Cc2c(C)ccc(F)c2-3)cc1. The maximum Gasteiger partial charge on any atom is 0.311 e. The molecule has 0 saturated carbocycles. The third-order valence-electron chi connectivity index (χ3n) is 7.18. The van der Waals surface area contributed by atoms with Crippen molar-refractivity contribution in [2.24, 2.45) is 11.3 Å². The van der Waals surface area contributed by atoms with E-state index in [9.17, 15) is 9.90 Å². The molecule has 0 saturated heterocycles. The third kappa shape index (κ3) is 4.34. The molecule has 0 amide bonds. The summed E-state index contributed by atoms with van der Waals surface area (Å²) in [6, 6.07) is 11.4. The number of nitrogens with two attached hydrogens (primary N) is 1. The van der Waals surface area contributed by atoms with Gasteiger partial charge in [0, 0.05) is 11.1 Å². The summed E-state index contributed by atoms with van der Waals surface area (Å²) in [5.74, 6) is 4.72. The molecule has 0 spiro atoms. The highest BCUT2D eigenvalue weighted by Crippen LogP contribution is 2.51. The number of carbonyl (C=O) groups is 1. The van der Waals surface area contributed by atoms with Gasteiger partial charge in [-0.3, -0.25) is 4.79 Å². The van der Waals surface area contributed by atoms with Crippen LogP contribution in [0.15, 0.2) is 36.4 Å². The van der Waals surface area contributed by atoms with Gasteiger partial charge in [-0.1, -0.05) is 56.7 Å². The lowest BCUT2D eigenvalue weighted by Crippen LogP contribution is -2.35. The van der Waals surface area contributed by atoms with Gasteiger partial charge in [0.2, 0.25) is 0 Å². The third-order valence-corrected chi connectivity index (χ3v) is 7.18. The van der Waals surface area contributed by atoms with E-state index in [0.717, 1.165) is 50.1 Å². The zero-order valence-corrected chi connectivity index (χ0v) is 21.7. The van der Waals surface area contributed by atoms with E-state index in [1.54, 1.807) is 11.1 Å². The van der Waals surface area contributed by atoms with Gasteiger partial charge in [-0.2, -0.15) is 0 Å². The topological polar surface area (TPSA) is 66.6 Å². The average Bonchev–Trinajstić information content (AvgIpc) is 2.76. The molecule has 35 heavy (non-hydrogen) atoms. The van der Waals surface area contributed by atoms with E-state index >= 15 is 4.39 Å². The first-order valence-corrected chi connectivity index (χ1v) is 12.1. The van der Waals surface area contributed by atoms with Crippen molar-refractivity contribution in [2.75, 3.05) is 5.01 Å². The van der Waals surface area contributed by atoms with Crippen LogP contribution in [0.4, 0.5) is 10.1 Å². The zero-order chi connectivity index (χ0) is 25.8. The van der Waals surface area contributed by atoms with Crippen LogP contribution in [0.2, 0.25) is 0 Å². The van der Waals surface area contributed by atoms with Crippen LogP contribution in [0, 0.1) is 38.9 Å². The molecule has 3 N–H and O–H groups in total. The molecule has 0 aliphatic carbocycles. The number of hydrogen-bond donors (Lipinski definition) is 2. The summed E-state index contributed by atoms with van der Waals surface area (Å²) in [5.41, 5.74) is 9.01. The normalized spacial score (nSPS) is 13.9. The van der Waals surface area contributed by atoms with Gasteiger partial charge in [0.15, 0.2) is 0 Å². The van der Waals surface area contributed by atoms with E-state index in [-0.39, 0.29) is 11.2 Å². The molecular weight excluding hydrogens is 439 g/mol. The van der Waals surface area contributed by atoms with Crippen molar-refractivity contribution in [3.05, 3.63) is 75.6 Å². The number of hydrogen-bond acceptors (Lipinski definition) is 3. The minimum Gasteiger partial charge on any atom is -0.481 e. The summed E-state index contributed by atoms with van der Waals surface area (Å²) in [6.07, 6.45) is 0.467. The van der Waals surface area contributed by atoms with Crippen LogP contribution >= 0.6 is 0 Å². The minimum absolute atomic E-state index is 0.206. The molecule has 3 aromatic carbocycles. The molecule has 5 heteroatoms. The summed E-state index contributed by atoms with van der Waals surface area (Å²) in [6.45, 7) is 14.4. The maximum atomic E-state index is 15.4. The second kappa shape index (κ2) is 8.80. The number of fused-ring (bicyclic) bond motifs is 3. The van der Waals surface area contributed by atoms with Gasteiger partial charge in [0.25, 0.3) is 0 Å². The molecule has 4 rings (SSSR count). The number of aryl methyl sites for hydroxylation is 2. The molecule has 1 heterocycles. The number of rotatable bonds is 4. The molecule has 0 unspecified atom stereocenters. The van der Waals surface area contributed by atoms with Crippen LogP contribution in [0.3, 0.4) is 0 Å². The number of hydrazine groups is 1. The van der Waals surface area contributed by atoms with Crippen molar-refractivity contribution in [3.8, 4) is 22.3 Å². The average molecular weight is 475 g/mol. The van der Waals surface area contributed by atoms with E-state index < -0.39 is 11.9 Å². The highest BCUT2D eigenvalue weighted by atomic mass is 19.1. The van der Waals surface area contributed by atoms with Crippen molar-refractivity contribution in [1.82, 2.24) is 0 Å². The molecular formula is C30H35FN2O2. The van der Waals surface area contributed by atoms with Crippen LogP contribution < -0.4 is 10.9 Å². The van der Waals surface area contributed by atoms with Gasteiger partial charge < -0.3 is 10.1 Å². The summed E-state index contributed by atoms with van der Waals surface area (Å²) in [7, 11) is 0. The van der Waals surface area contributed by atoms with Crippen LogP contribution in [-0.4, -0.2) is 11.1 Å². The van der Waals surface area contributed by atoms with Crippen molar-refractivity contribution in [2.45, 2.75) is 67.3 Å². The van der Waals surface area contributed by atoms with Crippen LogP contribution in [-0.2, 0) is 11.3 Å². The van der Waals surface area contributed by atoms with Gasteiger partial charge in [-0.15, -0.1) is 0 Å². The Kier molecular flexibility index (Phi) is 6.26. The first kappa shape index (κ1) is 24.9. The number of aliphatic carboxylic acids is 1. The highest BCUT2D eigenvalue weighted by molar-refractivity contribution is 5.97. The monoisotopic (exact) mass is 474 g/mol. The van der Waals surface area contributed by atoms with Crippen LogP contribution in [0.5, 0.6) is 0 Å². The molecule has 0 radical (unpaired) electrons. The minimum atomic E-state index is -0.863. The molecule has 0 fully saturated rings. The molecule has 1 aliphatic heterocycles. The Bertz CT molecular complexity index is 1320. The number of nitrogens with zero attached hydrogens (tertiary/aromatic N) is 1. The smallest absolute Gasteiger partial charge is 0.311 e. The van der Waals surface area contributed by atoms with E-state index in [1.165, 1.54) is 6.07 Å². The van der Waals surface area contributed by atoms with Crippen molar-refractivity contribution >= 4 is 11.7 Å². The number of anilines is 1. The van der Waals surface area contributed by atoms with Gasteiger partial charge in [0.1, 0.15) is 5.82 Å². The fourth-order valence-corrected chi connectivity index (χ4v) is 5.57. The summed E-state index contributed by atoms with van der Waals surface area (Å²) < 4.78 is 15.4. The zero-order valence-electron chi connectivity index (χ0n) is 21.7. The lowest BCUT2D eigenvalue weighted by Gasteiger charge is -2.37. The van der Waals surface area contributed by atoms with E-state index in [1.807, 2.05) is 52.0 Å². The summed E-state index contributed by atoms with van der Waals surface area (Å²) in [4.78, 5) is 12.7. The van der Waals surface area contributed by atoms with Crippen LogP contribution in [0.1, 0.15) is 66.5 Å². The predicted octanol–water partition coefficient (Wildman–Crippen LogP) is 7.19. The van der Waals surface area contributed by atoms with Crippen LogP contribution in [0.25, 0.3) is 22.3 Å². The van der Waals surface area contributed by atoms with Crippen molar-refractivity contribution in [3.63, 3.8) is 0 Å². The Morgan fingerprint density at radius 3 is 2.20 bits per heavy atom. The molecule has 1 atom stereocenters. The number of benzene rings is 3. The van der Waals surface area contributed by atoms with Gasteiger partial charge >= 0.3 is 5.97 Å². The van der Waals surface area contributed by atoms with Crippen molar-refractivity contribution in [1.29, 1.82) is 0 Å². The Morgan fingerprint density at radius 2 is 1.63 bits per heavy atom. The predicted molar refractivity (Wildman–Crippen MR) is 141 cm³/mol. The molecule has 3 aromatic rings. The Balaban J connectivity index is 2.17. The Hall–Kier alpha value is -3.18. The van der Waals surface area contributed by atoms with Gasteiger partial charge in [-0.25, -0.2) is 10.2 Å². The first-order chi connectivity index (χ1) is 16.3. The summed E-state index contributed by atoms with van der Waals surface area (Å²) in [5, 5.41) is 12.1. The molecule has 0 bridgehead atoms. The van der Waals surface area contributed by atoms with E-state index in [2.05, 4.69) is 20.8 Å². The second-order valence-electron chi connectivity index (χ2n) is 11.1. The van der Waals surface area contributed by atoms with Gasteiger partial charge in [-0.05, 0) is 84.5 Å². The maximum absolute atomic E-state index is 15.4. The first-order valence-electron chi connectivity index (χ1n) is 12.1. The quantitative estimate of drug-likeness (QED) is 0.393.